The molecule has 0 radical (unpaired) electrons. The van der Waals surface area contributed by atoms with Crippen LogP contribution in [-0.2, 0) is 17.8 Å². The van der Waals surface area contributed by atoms with Crippen molar-refractivity contribution in [3.63, 3.8) is 0 Å². The highest BCUT2D eigenvalue weighted by Crippen LogP contribution is 2.35. The van der Waals surface area contributed by atoms with Crippen LogP contribution in [0.15, 0.2) is 54.6 Å². The number of hydrogen-bond acceptors (Lipinski definition) is 3. The summed E-state index contributed by atoms with van der Waals surface area (Å²) >= 11 is 6.13. The van der Waals surface area contributed by atoms with Crippen molar-refractivity contribution in [2.24, 2.45) is 0 Å². The molecule has 7 heteroatoms. The van der Waals surface area contributed by atoms with E-state index in [0.717, 1.165) is 43.4 Å². The Bertz CT molecular complexity index is 1230. The molecule has 2 amide bonds. The van der Waals surface area contributed by atoms with Gasteiger partial charge in [-0.1, -0.05) is 62.1 Å². The second-order valence-corrected chi connectivity index (χ2v) is 10.3. The summed E-state index contributed by atoms with van der Waals surface area (Å²) in [7, 11) is 0. The first kappa shape index (κ1) is 23.6. The Labute approximate surface area is 211 Å². The van der Waals surface area contributed by atoms with E-state index in [4.69, 9.17) is 16.7 Å². The normalized spacial score (nSPS) is 20.5. The first-order valence-corrected chi connectivity index (χ1v) is 12.8. The Balaban J connectivity index is 1.54. The summed E-state index contributed by atoms with van der Waals surface area (Å²) < 4.78 is 1.69. The van der Waals surface area contributed by atoms with E-state index in [9.17, 15) is 9.59 Å². The molecule has 5 rings (SSSR count). The van der Waals surface area contributed by atoms with Crippen LogP contribution in [0.3, 0.4) is 0 Å². The van der Waals surface area contributed by atoms with E-state index in [1.807, 2.05) is 25.1 Å². The van der Waals surface area contributed by atoms with Crippen LogP contribution in [0.1, 0.15) is 62.0 Å². The summed E-state index contributed by atoms with van der Waals surface area (Å²) in [6.07, 6.45) is 6.35. The van der Waals surface area contributed by atoms with Crippen molar-refractivity contribution < 1.29 is 9.59 Å². The lowest BCUT2D eigenvalue weighted by atomic mass is 9.91. The maximum Gasteiger partial charge on any atom is 0.277 e. The predicted octanol–water partition coefficient (Wildman–Crippen LogP) is 5.63. The number of halogens is 1. The zero-order valence-corrected chi connectivity index (χ0v) is 21.0. The number of aryl methyl sites for hydroxylation is 1. The van der Waals surface area contributed by atoms with Crippen LogP contribution < -0.4 is 10.2 Å². The fourth-order valence-corrected chi connectivity index (χ4v) is 5.34. The molecule has 1 fully saturated rings. The molecule has 2 heterocycles. The number of anilines is 1. The summed E-state index contributed by atoms with van der Waals surface area (Å²) in [5.74, 6) is -0.397. The van der Waals surface area contributed by atoms with Gasteiger partial charge in [-0.2, -0.15) is 5.10 Å². The van der Waals surface area contributed by atoms with Gasteiger partial charge < -0.3 is 5.32 Å². The Kier molecular flexibility index (Phi) is 6.41. The molecule has 35 heavy (non-hydrogen) atoms. The molecule has 6 nitrogen and oxygen atoms in total. The van der Waals surface area contributed by atoms with Gasteiger partial charge in [-0.3, -0.25) is 19.2 Å². The van der Waals surface area contributed by atoms with E-state index >= 15 is 0 Å². The summed E-state index contributed by atoms with van der Waals surface area (Å²) in [4.78, 5) is 29.3. The largest absolute Gasteiger partial charge is 0.351 e. The van der Waals surface area contributed by atoms with Crippen LogP contribution in [0, 0.1) is 0 Å². The lowest BCUT2D eigenvalue weighted by molar-refractivity contribution is -0.127. The molecule has 1 N–H and O–H groups in total. The average Bonchev–Trinajstić information content (AvgIpc) is 3.30. The Hall–Kier alpha value is -3.12. The van der Waals surface area contributed by atoms with Crippen molar-refractivity contribution in [2.45, 2.75) is 70.5 Å². The summed E-state index contributed by atoms with van der Waals surface area (Å²) in [5, 5.41) is 8.58. The molecule has 3 aromatic rings. The van der Waals surface area contributed by atoms with E-state index in [1.165, 1.54) is 12.0 Å². The monoisotopic (exact) mass is 490 g/mol. The highest BCUT2D eigenvalue weighted by atomic mass is 35.5. The average molecular weight is 491 g/mol. The van der Waals surface area contributed by atoms with Gasteiger partial charge in [0.1, 0.15) is 11.2 Å². The number of amides is 2. The summed E-state index contributed by atoms with van der Waals surface area (Å²) in [5.41, 5.74) is 2.89. The molecule has 0 spiro atoms. The third-order valence-corrected chi connectivity index (χ3v) is 7.58. The van der Waals surface area contributed by atoms with E-state index in [0.29, 0.717) is 16.4 Å². The maximum atomic E-state index is 13.9. The van der Waals surface area contributed by atoms with E-state index in [1.54, 1.807) is 33.8 Å². The van der Waals surface area contributed by atoms with Crippen LogP contribution in [0.2, 0.25) is 5.02 Å². The summed E-state index contributed by atoms with van der Waals surface area (Å²) in [6, 6.07) is 17.3. The molecule has 0 saturated heterocycles. The van der Waals surface area contributed by atoms with Gasteiger partial charge >= 0.3 is 0 Å². The van der Waals surface area contributed by atoms with E-state index in [-0.39, 0.29) is 24.4 Å². The molecule has 1 saturated carbocycles. The second-order valence-electron chi connectivity index (χ2n) is 9.82. The Morgan fingerprint density at radius 2 is 1.77 bits per heavy atom. The molecule has 1 aromatic heterocycles. The van der Waals surface area contributed by atoms with Gasteiger partial charge in [0.15, 0.2) is 0 Å². The molecule has 1 aliphatic carbocycles. The van der Waals surface area contributed by atoms with Crippen molar-refractivity contribution in [2.75, 3.05) is 4.90 Å². The number of benzene rings is 2. The van der Waals surface area contributed by atoms with Crippen molar-refractivity contribution in [3.8, 4) is 11.3 Å². The maximum absolute atomic E-state index is 13.9. The molecule has 2 aromatic carbocycles. The third-order valence-electron chi connectivity index (χ3n) is 7.33. The summed E-state index contributed by atoms with van der Waals surface area (Å²) in [6.45, 7) is 4.22. The molecular formula is C28H31ClN4O2. The minimum Gasteiger partial charge on any atom is -0.351 e. The number of hydrogen-bond donors (Lipinski definition) is 1. The molecular weight excluding hydrogens is 460 g/mol. The van der Waals surface area contributed by atoms with Crippen LogP contribution in [0.4, 0.5) is 5.69 Å². The van der Waals surface area contributed by atoms with Gasteiger partial charge in [0.2, 0.25) is 5.91 Å². The van der Waals surface area contributed by atoms with Crippen LogP contribution in [-0.4, -0.2) is 33.2 Å². The number of carbonyl (C=O) groups is 2. The van der Waals surface area contributed by atoms with Crippen molar-refractivity contribution in [3.05, 3.63) is 70.9 Å². The Morgan fingerprint density at radius 3 is 2.43 bits per heavy atom. The Morgan fingerprint density at radius 1 is 1.09 bits per heavy atom. The SMILES string of the molecule is CCc1ccc(-c2cc3n(n2)CC(C)(C(=O)NC2CCCCC2)N(c2ccc(Cl)cc2)C3=O)cc1. The predicted molar refractivity (Wildman–Crippen MR) is 139 cm³/mol. The highest BCUT2D eigenvalue weighted by Gasteiger charge is 2.49. The fraction of sp³-hybridized carbons (Fsp3) is 0.393. The number of nitrogens with zero attached hydrogens (tertiary/aromatic N) is 3. The van der Waals surface area contributed by atoms with Gasteiger partial charge in [0.05, 0.1) is 12.2 Å². The molecule has 2 aliphatic rings. The molecule has 1 aliphatic heterocycles. The lowest BCUT2D eigenvalue weighted by Gasteiger charge is -2.44. The van der Waals surface area contributed by atoms with Crippen molar-refractivity contribution >= 4 is 29.1 Å². The number of nitrogens with one attached hydrogen (secondary N) is 1. The second kappa shape index (κ2) is 9.50. The number of carbonyl (C=O) groups excluding carboxylic acids is 2. The minimum atomic E-state index is -1.13. The topological polar surface area (TPSA) is 67.2 Å². The molecule has 1 unspecified atom stereocenters. The van der Waals surface area contributed by atoms with Crippen LogP contribution >= 0.6 is 11.6 Å². The number of fused-ring (bicyclic) bond motifs is 1. The van der Waals surface area contributed by atoms with Crippen LogP contribution in [0.25, 0.3) is 11.3 Å². The zero-order valence-electron chi connectivity index (χ0n) is 20.3. The zero-order chi connectivity index (χ0) is 24.6. The highest BCUT2D eigenvalue weighted by molar-refractivity contribution is 6.30. The van der Waals surface area contributed by atoms with Gasteiger partial charge in [0, 0.05) is 22.3 Å². The van der Waals surface area contributed by atoms with Gasteiger partial charge in [-0.25, -0.2) is 0 Å². The van der Waals surface area contributed by atoms with Gasteiger partial charge in [-0.15, -0.1) is 0 Å². The van der Waals surface area contributed by atoms with Gasteiger partial charge in [-0.05, 0) is 62.1 Å². The van der Waals surface area contributed by atoms with Crippen molar-refractivity contribution in [1.82, 2.24) is 15.1 Å². The first-order chi connectivity index (χ1) is 16.9. The molecule has 1 atom stereocenters. The number of rotatable bonds is 5. The quantitative estimate of drug-likeness (QED) is 0.503. The van der Waals surface area contributed by atoms with Gasteiger partial charge in [0.25, 0.3) is 5.91 Å². The van der Waals surface area contributed by atoms with Crippen molar-refractivity contribution in [1.29, 1.82) is 0 Å². The van der Waals surface area contributed by atoms with E-state index in [2.05, 4.69) is 24.4 Å². The fourth-order valence-electron chi connectivity index (χ4n) is 5.22. The first-order valence-electron chi connectivity index (χ1n) is 12.5. The lowest BCUT2D eigenvalue weighted by Crippen LogP contribution is -2.65. The molecule has 0 bridgehead atoms. The smallest absolute Gasteiger partial charge is 0.277 e. The molecule has 182 valence electrons. The number of aromatic nitrogens is 2. The van der Waals surface area contributed by atoms with Crippen LogP contribution in [0.5, 0.6) is 0 Å². The third kappa shape index (κ3) is 4.47. The standard InChI is InChI=1S/C28H31ClN4O2/c1-3-19-9-11-20(12-10-19)24-17-25-26(34)33(23-15-13-21(29)14-16-23)28(2,18-32(25)31-24)27(35)30-22-7-5-4-6-8-22/h9-17,22H,3-8,18H2,1-2H3,(H,30,35). The van der Waals surface area contributed by atoms with E-state index < -0.39 is 5.54 Å². The minimum absolute atomic E-state index is 0.141.